The first-order valence-electron chi connectivity index (χ1n) is 15.5. The highest BCUT2D eigenvalue weighted by molar-refractivity contribution is 5.72. The first-order chi connectivity index (χ1) is 22.4. The second-order valence-electron chi connectivity index (χ2n) is 11.0. The van der Waals surface area contributed by atoms with Gasteiger partial charge in [-0.25, -0.2) is 9.18 Å². The minimum Gasteiger partial charge on any atom is -0.496 e. The van der Waals surface area contributed by atoms with E-state index >= 15 is 0 Å². The van der Waals surface area contributed by atoms with Gasteiger partial charge in [0.15, 0.2) is 11.6 Å². The van der Waals surface area contributed by atoms with Gasteiger partial charge in [0, 0.05) is 37.9 Å². The Morgan fingerprint density at radius 2 is 1.74 bits per heavy atom. The zero-order chi connectivity index (χ0) is 32.7. The highest BCUT2D eigenvalue weighted by Gasteiger charge is 2.33. The van der Waals surface area contributed by atoms with Gasteiger partial charge in [-0.15, -0.1) is 0 Å². The van der Waals surface area contributed by atoms with Crippen molar-refractivity contribution in [2.24, 2.45) is 0 Å². The highest BCUT2D eigenvalue weighted by Crippen LogP contribution is 2.32. The quantitative estimate of drug-likeness (QED) is 0.188. The summed E-state index contributed by atoms with van der Waals surface area (Å²) in [6.07, 6.45) is 0.354. The Labute approximate surface area is 269 Å². The van der Waals surface area contributed by atoms with Crippen molar-refractivity contribution in [3.05, 3.63) is 89.2 Å². The molecule has 46 heavy (non-hydrogen) atoms. The molecule has 248 valence electrons. The summed E-state index contributed by atoms with van der Waals surface area (Å²) < 4.78 is 43.5. The molecule has 1 heterocycles. The molecule has 0 spiro atoms. The van der Waals surface area contributed by atoms with Crippen LogP contribution in [0.1, 0.15) is 42.4 Å². The number of para-hydroxylation sites is 2. The number of nitrogens with one attached hydrogen (secondary N) is 1. The van der Waals surface area contributed by atoms with E-state index in [-0.39, 0.29) is 37.3 Å². The molecule has 1 saturated heterocycles. The van der Waals surface area contributed by atoms with E-state index in [9.17, 15) is 19.1 Å². The number of halogens is 1. The number of carboxylic acid groups (broad SMARTS) is 1. The van der Waals surface area contributed by atoms with Gasteiger partial charge in [0.1, 0.15) is 18.1 Å². The molecule has 11 heteroatoms. The van der Waals surface area contributed by atoms with Gasteiger partial charge in [-0.2, -0.15) is 0 Å². The van der Waals surface area contributed by atoms with Crippen LogP contribution in [0.5, 0.6) is 17.2 Å². The van der Waals surface area contributed by atoms with Crippen LogP contribution in [0.25, 0.3) is 0 Å². The van der Waals surface area contributed by atoms with Crippen molar-refractivity contribution < 1.29 is 42.8 Å². The van der Waals surface area contributed by atoms with Gasteiger partial charge in [0.05, 0.1) is 46.2 Å². The molecule has 2 amide bonds. The number of hydrogen-bond donors (Lipinski definition) is 2. The Kier molecular flexibility index (Phi) is 13.5. The van der Waals surface area contributed by atoms with E-state index in [4.69, 9.17) is 23.7 Å². The number of benzene rings is 3. The van der Waals surface area contributed by atoms with Crippen molar-refractivity contribution in [2.45, 2.75) is 44.8 Å². The smallest absolute Gasteiger partial charge is 0.407 e. The van der Waals surface area contributed by atoms with E-state index in [0.29, 0.717) is 51.3 Å². The molecule has 10 nitrogen and oxygen atoms in total. The summed E-state index contributed by atoms with van der Waals surface area (Å²) in [7, 11) is 1.64. The molecule has 2 unspecified atom stereocenters. The molecular formula is C35H43FN2O8. The average Bonchev–Trinajstić information content (AvgIpc) is 3.06. The molecule has 0 saturated carbocycles. The van der Waals surface area contributed by atoms with E-state index in [2.05, 4.69) is 5.32 Å². The second kappa shape index (κ2) is 18.0. The van der Waals surface area contributed by atoms with Crippen molar-refractivity contribution in [2.75, 3.05) is 53.2 Å². The van der Waals surface area contributed by atoms with E-state index in [1.165, 1.54) is 17.9 Å². The molecule has 0 bridgehead atoms. The third-order valence-electron chi connectivity index (χ3n) is 7.77. The Morgan fingerprint density at radius 3 is 2.50 bits per heavy atom. The van der Waals surface area contributed by atoms with Crippen LogP contribution in [-0.2, 0) is 27.3 Å². The fourth-order valence-corrected chi connectivity index (χ4v) is 5.44. The van der Waals surface area contributed by atoms with Gasteiger partial charge in [0.2, 0.25) is 5.91 Å². The van der Waals surface area contributed by atoms with Crippen LogP contribution >= 0.6 is 0 Å². The van der Waals surface area contributed by atoms with E-state index < -0.39 is 18.0 Å². The number of carbonyl (C=O) groups is 2. The molecule has 0 aliphatic carbocycles. The number of likely N-dealkylation sites (tertiary alicyclic amines) is 1. The number of ether oxygens (including phenoxy) is 5. The number of rotatable bonds is 17. The first kappa shape index (κ1) is 34.5. The molecule has 4 rings (SSSR count). The minimum atomic E-state index is -0.992. The maximum absolute atomic E-state index is 14.6. The van der Waals surface area contributed by atoms with Gasteiger partial charge in [-0.3, -0.25) is 4.79 Å². The maximum atomic E-state index is 14.6. The number of methoxy groups -OCH3 is 1. The maximum Gasteiger partial charge on any atom is 0.407 e. The molecule has 2 atom stereocenters. The normalized spacial score (nSPS) is 16.1. The third kappa shape index (κ3) is 10.3. The predicted octanol–water partition coefficient (Wildman–Crippen LogP) is 5.43. The predicted molar refractivity (Wildman–Crippen MR) is 170 cm³/mol. The van der Waals surface area contributed by atoms with Gasteiger partial charge < -0.3 is 39.0 Å². The fraction of sp³-hybridized carbons (Fsp3) is 0.429. The van der Waals surface area contributed by atoms with E-state index in [1.807, 2.05) is 48.5 Å². The van der Waals surface area contributed by atoms with Crippen LogP contribution in [0.3, 0.4) is 0 Å². The van der Waals surface area contributed by atoms with Crippen LogP contribution in [0.4, 0.5) is 9.18 Å². The molecule has 0 aromatic heterocycles. The zero-order valence-corrected chi connectivity index (χ0v) is 26.4. The van der Waals surface area contributed by atoms with Crippen molar-refractivity contribution in [3.8, 4) is 17.2 Å². The van der Waals surface area contributed by atoms with Crippen LogP contribution in [-0.4, -0.2) is 81.3 Å². The van der Waals surface area contributed by atoms with Gasteiger partial charge >= 0.3 is 6.09 Å². The van der Waals surface area contributed by atoms with Gasteiger partial charge in [0.25, 0.3) is 0 Å². The zero-order valence-electron chi connectivity index (χ0n) is 26.4. The molecule has 1 aliphatic heterocycles. The second-order valence-corrected chi connectivity index (χ2v) is 11.0. The summed E-state index contributed by atoms with van der Waals surface area (Å²) in [4.78, 5) is 24.3. The Balaban J connectivity index is 1.26. The largest absolute Gasteiger partial charge is 0.496 e. The molecule has 1 aliphatic rings. The first-order valence-corrected chi connectivity index (χ1v) is 15.5. The highest BCUT2D eigenvalue weighted by atomic mass is 19.1. The summed E-state index contributed by atoms with van der Waals surface area (Å²) in [6.45, 7) is 4.17. The van der Waals surface area contributed by atoms with E-state index in [1.54, 1.807) is 19.2 Å². The standard InChI is InChI=1S/C35H43FN2O8/c1-25(39)37-17-15-27-8-5-9-31(36)34(27)46-22-21-45-33-23-38(35(40)41)18-16-30(33)26-11-13-29(14-12-26)44-20-6-19-43-24-28-7-3-4-10-32(28)42-2/h3-5,7-14,30,33H,6,15-24H2,1-2H3,(H,37,39)(H,40,41). The third-order valence-corrected chi connectivity index (χ3v) is 7.77. The Morgan fingerprint density at radius 1 is 0.957 bits per heavy atom. The lowest BCUT2D eigenvalue weighted by Gasteiger charge is -2.37. The van der Waals surface area contributed by atoms with Gasteiger partial charge in [-0.1, -0.05) is 42.5 Å². The number of hydrogen-bond acceptors (Lipinski definition) is 7. The van der Waals surface area contributed by atoms with Crippen molar-refractivity contribution in [1.29, 1.82) is 0 Å². The topological polar surface area (TPSA) is 116 Å². The Bertz CT molecular complexity index is 1400. The van der Waals surface area contributed by atoms with Crippen LogP contribution in [0.15, 0.2) is 66.7 Å². The molecule has 1 fully saturated rings. The molecule has 3 aromatic carbocycles. The number of piperidine rings is 1. The number of nitrogens with zero attached hydrogens (tertiary/aromatic N) is 1. The number of carbonyl (C=O) groups excluding carboxylic acids is 1. The summed E-state index contributed by atoms with van der Waals surface area (Å²) in [6, 6.07) is 20.3. The lowest BCUT2D eigenvalue weighted by atomic mass is 9.87. The SMILES string of the molecule is COc1ccccc1COCCCOc1ccc(C2CCN(C(=O)O)CC2OCCOc2c(F)cccc2CCNC(C)=O)cc1. The van der Waals surface area contributed by atoms with Crippen molar-refractivity contribution in [1.82, 2.24) is 10.2 Å². The summed E-state index contributed by atoms with van der Waals surface area (Å²) >= 11 is 0. The molecule has 0 radical (unpaired) electrons. The van der Waals surface area contributed by atoms with Crippen molar-refractivity contribution in [3.63, 3.8) is 0 Å². The van der Waals surface area contributed by atoms with Crippen LogP contribution < -0.4 is 19.5 Å². The monoisotopic (exact) mass is 638 g/mol. The lowest BCUT2D eigenvalue weighted by Crippen LogP contribution is -2.46. The molecular weight excluding hydrogens is 595 g/mol. The molecule has 3 aromatic rings. The fourth-order valence-electron chi connectivity index (χ4n) is 5.44. The summed E-state index contributed by atoms with van der Waals surface area (Å²) in [5, 5.41) is 12.3. The van der Waals surface area contributed by atoms with E-state index in [0.717, 1.165) is 29.0 Å². The van der Waals surface area contributed by atoms with Crippen LogP contribution in [0, 0.1) is 5.82 Å². The molecule has 2 N–H and O–H groups in total. The minimum absolute atomic E-state index is 0.0327. The Hall–Kier alpha value is -4.35. The van der Waals surface area contributed by atoms with Crippen LogP contribution in [0.2, 0.25) is 0 Å². The van der Waals surface area contributed by atoms with Gasteiger partial charge in [-0.05, 0) is 48.2 Å². The van der Waals surface area contributed by atoms with Crippen molar-refractivity contribution >= 4 is 12.0 Å². The number of amides is 2. The average molecular weight is 639 g/mol. The summed E-state index contributed by atoms with van der Waals surface area (Å²) in [5.74, 6) is 0.990. The lowest BCUT2D eigenvalue weighted by molar-refractivity contribution is -0.118. The summed E-state index contributed by atoms with van der Waals surface area (Å²) in [5.41, 5.74) is 2.67.